The third-order valence-corrected chi connectivity index (χ3v) is 7.57. The summed E-state index contributed by atoms with van der Waals surface area (Å²) in [7, 11) is 0. The summed E-state index contributed by atoms with van der Waals surface area (Å²) in [5, 5.41) is 7.06. The highest BCUT2D eigenvalue weighted by Crippen LogP contribution is 2.33. The molecule has 2 aromatic rings. The first-order valence-corrected chi connectivity index (χ1v) is 12.8. The molecule has 9 heteroatoms. The molecule has 190 valence electrons. The predicted octanol–water partition coefficient (Wildman–Crippen LogP) is 4.70. The third-order valence-electron chi connectivity index (χ3n) is 7.02. The van der Waals surface area contributed by atoms with Crippen molar-refractivity contribution < 1.29 is 0 Å². The van der Waals surface area contributed by atoms with E-state index < -0.39 is 5.54 Å². The van der Waals surface area contributed by atoms with Crippen LogP contribution in [0.5, 0.6) is 0 Å². The summed E-state index contributed by atoms with van der Waals surface area (Å²) in [4.78, 5) is 8.69. The molecule has 0 aliphatic carbocycles. The molecular weight excluding hydrogens is 481 g/mol. The molecule has 1 saturated heterocycles. The van der Waals surface area contributed by atoms with Crippen LogP contribution in [0.1, 0.15) is 39.2 Å². The summed E-state index contributed by atoms with van der Waals surface area (Å²) in [6.45, 7) is 13.5. The minimum atomic E-state index is -0.488. The lowest BCUT2D eigenvalue weighted by Gasteiger charge is -2.45. The number of hydrazone groups is 1. The first-order valence-electron chi connectivity index (χ1n) is 12.0. The number of anilines is 1. The Labute approximate surface area is 219 Å². The Hall–Kier alpha value is -2.32. The fraction of sp³-hybridized carbons (Fsp3) is 0.462. The maximum absolute atomic E-state index is 6.70. The Morgan fingerprint density at radius 1 is 1.14 bits per heavy atom. The van der Waals surface area contributed by atoms with E-state index >= 15 is 0 Å². The van der Waals surface area contributed by atoms with Crippen molar-refractivity contribution in [3.8, 4) is 0 Å². The molecule has 3 rings (SSSR count). The quantitative estimate of drug-likeness (QED) is 0.165. The maximum Gasteiger partial charge on any atom is 0.156 e. The zero-order valence-corrected chi connectivity index (χ0v) is 22.4. The second-order valence-electron chi connectivity index (χ2n) is 9.39. The number of benzene rings is 1. The van der Waals surface area contributed by atoms with Crippen LogP contribution in [-0.2, 0) is 6.42 Å². The van der Waals surface area contributed by atoms with Crippen LogP contribution in [0.15, 0.2) is 60.0 Å². The van der Waals surface area contributed by atoms with Crippen molar-refractivity contribution in [2.45, 2.75) is 51.6 Å². The second kappa shape index (κ2) is 12.1. The van der Waals surface area contributed by atoms with Crippen molar-refractivity contribution in [2.75, 3.05) is 31.1 Å². The van der Waals surface area contributed by atoms with Crippen LogP contribution in [0.25, 0.3) is 0 Å². The van der Waals surface area contributed by atoms with E-state index in [2.05, 4.69) is 71.5 Å². The van der Waals surface area contributed by atoms with Crippen LogP contribution in [0.4, 0.5) is 5.69 Å². The molecule has 35 heavy (non-hydrogen) atoms. The van der Waals surface area contributed by atoms with Crippen molar-refractivity contribution in [2.24, 2.45) is 16.8 Å². The van der Waals surface area contributed by atoms with E-state index in [4.69, 9.17) is 34.9 Å². The standard InChI is InChI=1S/C26H37Cl2N7/c1-5-19(2)26(3,4)35(30)25(32-29)23(12-11-20-9-7-6-8-10-20)33-13-15-34(16-14-33)24-21(27)17-31-18-22(24)28/h6-10,17-18,23H,2,5,11-16,29-30H2,1,3-4H3/b32-25-. The minimum absolute atomic E-state index is 0.0559. The van der Waals surface area contributed by atoms with Gasteiger partial charge in [-0.1, -0.05) is 72.6 Å². The lowest BCUT2D eigenvalue weighted by molar-refractivity contribution is 0.182. The Bertz CT molecular complexity index is 997. The molecule has 1 fully saturated rings. The number of aromatic nitrogens is 1. The van der Waals surface area contributed by atoms with E-state index in [1.54, 1.807) is 17.4 Å². The molecule has 0 spiro atoms. The largest absolute Gasteiger partial charge is 0.366 e. The minimum Gasteiger partial charge on any atom is -0.366 e. The van der Waals surface area contributed by atoms with Crippen LogP contribution in [0.2, 0.25) is 10.0 Å². The second-order valence-corrected chi connectivity index (χ2v) is 10.2. The van der Waals surface area contributed by atoms with Gasteiger partial charge in [-0.15, -0.1) is 0 Å². The van der Waals surface area contributed by atoms with Gasteiger partial charge < -0.3 is 10.7 Å². The van der Waals surface area contributed by atoms with E-state index in [9.17, 15) is 0 Å². The van der Waals surface area contributed by atoms with Crippen LogP contribution in [0, 0.1) is 0 Å². The monoisotopic (exact) mass is 517 g/mol. The first kappa shape index (κ1) is 27.3. The number of hydrogen-bond acceptors (Lipinski definition) is 6. The number of piperazine rings is 1. The zero-order valence-electron chi connectivity index (χ0n) is 20.9. The molecule has 0 amide bonds. The summed E-state index contributed by atoms with van der Waals surface area (Å²) in [6, 6.07) is 10.4. The van der Waals surface area contributed by atoms with Crippen LogP contribution < -0.4 is 16.6 Å². The number of hydrazine groups is 1. The Morgan fingerprint density at radius 3 is 2.29 bits per heavy atom. The van der Waals surface area contributed by atoms with Gasteiger partial charge in [-0.25, -0.2) is 5.84 Å². The number of halogens is 2. The van der Waals surface area contributed by atoms with Gasteiger partial charge in [-0.2, -0.15) is 5.10 Å². The van der Waals surface area contributed by atoms with E-state index in [1.807, 2.05) is 6.07 Å². The molecule has 0 saturated carbocycles. The molecule has 1 aliphatic heterocycles. The van der Waals surface area contributed by atoms with Crippen LogP contribution in [0.3, 0.4) is 0 Å². The zero-order chi connectivity index (χ0) is 25.6. The summed E-state index contributed by atoms with van der Waals surface area (Å²) < 4.78 is 0. The highest BCUT2D eigenvalue weighted by atomic mass is 35.5. The Balaban J connectivity index is 1.83. The lowest BCUT2D eigenvalue weighted by Crippen LogP contribution is -2.62. The molecule has 7 nitrogen and oxygen atoms in total. The van der Waals surface area contributed by atoms with E-state index in [-0.39, 0.29) is 6.04 Å². The summed E-state index contributed by atoms with van der Waals surface area (Å²) in [5.41, 5.74) is 2.63. The first-order chi connectivity index (χ1) is 16.7. The van der Waals surface area contributed by atoms with Gasteiger partial charge in [0.2, 0.25) is 0 Å². The summed E-state index contributed by atoms with van der Waals surface area (Å²) >= 11 is 12.8. The van der Waals surface area contributed by atoms with Crippen molar-refractivity contribution in [1.29, 1.82) is 0 Å². The van der Waals surface area contributed by atoms with Gasteiger partial charge in [0.05, 0.1) is 27.3 Å². The van der Waals surface area contributed by atoms with Gasteiger partial charge in [-0.05, 0) is 38.7 Å². The Morgan fingerprint density at radius 2 is 1.74 bits per heavy atom. The fourth-order valence-electron chi connectivity index (χ4n) is 4.58. The van der Waals surface area contributed by atoms with Gasteiger partial charge in [0.15, 0.2) is 5.84 Å². The van der Waals surface area contributed by atoms with E-state index in [0.29, 0.717) is 15.9 Å². The molecular formula is C26H37Cl2N7. The average Bonchev–Trinajstić information content (AvgIpc) is 2.86. The number of pyridine rings is 1. The van der Waals surface area contributed by atoms with Crippen molar-refractivity contribution in [3.63, 3.8) is 0 Å². The van der Waals surface area contributed by atoms with Crippen LogP contribution >= 0.6 is 23.2 Å². The average molecular weight is 519 g/mol. The third kappa shape index (κ3) is 6.28. The van der Waals surface area contributed by atoms with Gasteiger partial charge >= 0.3 is 0 Å². The molecule has 1 aromatic heterocycles. The molecule has 4 N–H and O–H groups in total. The number of rotatable bonds is 9. The molecule has 1 unspecified atom stereocenters. The van der Waals surface area contributed by atoms with E-state index in [0.717, 1.165) is 56.7 Å². The SMILES string of the molecule is C=C(CC)C(C)(C)N(N)/C(=N\N)C(CCc1ccccc1)N1CCN(c2c(Cl)cncc2Cl)CC1. The molecule has 1 atom stereocenters. The predicted molar refractivity (Wildman–Crippen MR) is 148 cm³/mol. The van der Waals surface area contributed by atoms with Gasteiger partial charge in [0, 0.05) is 38.6 Å². The lowest BCUT2D eigenvalue weighted by atomic mass is 9.91. The van der Waals surface area contributed by atoms with Crippen molar-refractivity contribution in [1.82, 2.24) is 14.9 Å². The van der Waals surface area contributed by atoms with Crippen molar-refractivity contribution >= 4 is 34.7 Å². The highest BCUT2D eigenvalue weighted by Gasteiger charge is 2.36. The van der Waals surface area contributed by atoms with E-state index in [1.165, 1.54) is 5.56 Å². The number of nitrogens with two attached hydrogens (primary N) is 2. The molecule has 1 aliphatic rings. The maximum atomic E-state index is 6.70. The molecule has 2 heterocycles. The number of hydrogen-bond donors (Lipinski definition) is 2. The summed E-state index contributed by atoms with van der Waals surface area (Å²) in [5.74, 6) is 13.4. The van der Waals surface area contributed by atoms with Gasteiger partial charge in [0.25, 0.3) is 0 Å². The normalized spacial score (nSPS) is 16.3. The van der Waals surface area contributed by atoms with Crippen LogP contribution in [-0.4, -0.2) is 58.5 Å². The summed E-state index contributed by atoms with van der Waals surface area (Å²) in [6.07, 6.45) is 5.80. The Kier molecular flexibility index (Phi) is 9.41. The van der Waals surface area contributed by atoms with Gasteiger partial charge in [0.1, 0.15) is 0 Å². The highest BCUT2D eigenvalue weighted by molar-refractivity contribution is 6.38. The fourth-order valence-corrected chi connectivity index (χ4v) is 5.19. The van der Waals surface area contributed by atoms with Gasteiger partial charge in [-0.3, -0.25) is 14.9 Å². The smallest absolute Gasteiger partial charge is 0.156 e. The number of nitrogens with zero attached hydrogens (tertiary/aromatic N) is 5. The topological polar surface area (TPSA) is 87.0 Å². The molecule has 0 radical (unpaired) electrons. The molecule has 1 aromatic carbocycles. The molecule has 0 bridgehead atoms. The number of aryl methyl sites for hydroxylation is 1. The van der Waals surface area contributed by atoms with Crippen molar-refractivity contribution in [3.05, 3.63) is 70.5 Å². The number of amidine groups is 1.